The Morgan fingerprint density at radius 1 is 0.840 bits per heavy atom. The van der Waals surface area contributed by atoms with Crippen molar-refractivity contribution >= 4 is 5.90 Å². The lowest BCUT2D eigenvalue weighted by Gasteiger charge is -2.16. The summed E-state index contributed by atoms with van der Waals surface area (Å²) < 4.78 is 19.5. The van der Waals surface area contributed by atoms with E-state index in [1.807, 2.05) is 72.9 Å². The van der Waals surface area contributed by atoms with Gasteiger partial charge < -0.3 is 4.74 Å². The predicted octanol–water partition coefficient (Wildman–Crippen LogP) is 4.60. The van der Waals surface area contributed by atoms with E-state index in [1.54, 1.807) is 6.20 Å². The molecule has 1 aliphatic rings. The molecule has 2 heterocycles. The van der Waals surface area contributed by atoms with Crippen LogP contribution >= 0.6 is 0 Å². The SMILES string of the molecule is FC[C@H]1N=C(c2ccccc2)O[C@@H]1c1ccc(-c2cccnc2)cc1. The number of rotatable bonds is 4. The van der Waals surface area contributed by atoms with E-state index in [0.717, 1.165) is 22.3 Å². The van der Waals surface area contributed by atoms with Crippen molar-refractivity contribution < 1.29 is 9.13 Å². The number of hydrogen-bond acceptors (Lipinski definition) is 3. The molecule has 2 atom stereocenters. The van der Waals surface area contributed by atoms with Gasteiger partial charge in [0.15, 0.2) is 6.10 Å². The van der Waals surface area contributed by atoms with Crippen LogP contribution in [0.2, 0.25) is 0 Å². The normalized spacial score (nSPS) is 19.3. The molecule has 3 aromatic rings. The largest absolute Gasteiger partial charge is 0.467 e. The summed E-state index contributed by atoms with van der Waals surface area (Å²) in [6.45, 7) is -0.550. The number of ether oxygens (including phenoxy) is 1. The number of halogens is 1. The summed E-state index contributed by atoms with van der Waals surface area (Å²) in [6.07, 6.45) is 3.17. The van der Waals surface area contributed by atoms with Crippen molar-refractivity contribution in [3.05, 3.63) is 90.3 Å². The number of nitrogens with zero attached hydrogens (tertiary/aromatic N) is 2. The number of aromatic nitrogens is 1. The van der Waals surface area contributed by atoms with Crippen LogP contribution in [0.5, 0.6) is 0 Å². The first-order valence-corrected chi connectivity index (χ1v) is 8.21. The van der Waals surface area contributed by atoms with Crippen LogP contribution in [0.25, 0.3) is 11.1 Å². The zero-order valence-electron chi connectivity index (χ0n) is 13.5. The van der Waals surface area contributed by atoms with Crippen LogP contribution in [0.3, 0.4) is 0 Å². The van der Waals surface area contributed by atoms with Gasteiger partial charge in [-0.2, -0.15) is 0 Å². The van der Waals surface area contributed by atoms with Gasteiger partial charge in [0.1, 0.15) is 12.7 Å². The minimum atomic E-state index is -0.550. The van der Waals surface area contributed by atoms with Crippen molar-refractivity contribution in [2.75, 3.05) is 6.67 Å². The van der Waals surface area contributed by atoms with Gasteiger partial charge in [0.2, 0.25) is 5.90 Å². The topological polar surface area (TPSA) is 34.5 Å². The van der Waals surface area contributed by atoms with Gasteiger partial charge >= 0.3 is 0 Å². The highest BCUT2D eigenvalue weighted by atomic mass is 19.1. The van der Waals surface area contributed by atoms with E-state index >= 15 is 0 Å². The molecule has 0 saturated carbocycles. The first kappa shape index (κ1) is 15.5. The lowest BCUT2D eigenvalue weighted by molar-refractivity contribution is 0.181. The fourth-order valence-electron chi connectivity index (χ4n) is 2.98. The van der Waals surface area contributed by atoms with Crippen LogP contribution in [0.4, 0.5) is 4.39 Å². The standard InChI is InChI=1S/C21H17FN2O/c22-13-19-20(25-21(24-19)17-5-2-1-3-6-17)16-10-8-15(9-11-16)18-7-4-12-23-14-18/h1-12,14,19-20H,13H2/t19-,20-/m1/s1. The molecule has 0 aliphatic carbocycles. The summed E-state index contributed by atoms with van der Waals surface area (Å²) in [7, 11) is 0. The van der Waals surface area contributed by atoms with Crippen LogP contribution in [0.15, 0.2) is 84.1 Å². The zero-order valence-corrected chi connectivity index (χ0v) is 13.5. The van der Waals surface area contributed by atoms with E-state index in [4.69, 9.17) is 4.74 Å². The van der Waals surface area contributed by atoms with E-state index in [2.05, 4.69) is 9.98 Å². The maximum Gasteiger partial charge on any atom is 0.217 e. The average Bonchev–Trinajstić information content (AvgIpc) is 3.14. The van der Waals surface area contributed by atoms with Gasteiger partial charge in [0, 0.05) is 18.0 Å². The molecule has 0 fully saturated rings. The summed E-state index contributed by atoms with van der Waals surface area (Å²) in [5.74, 6) is 0.504. The van der Waals surface area contributed by atoms with Crippen molar-refractivity contribution in [1.82, 2.24) is 4.98 Å². The summed E-state index contributed by atoms with van der Waals surface area (Å²) in [4.78, 5) is 8.56. The Hall–Kier alpha value is -3.01. The van der Waals surface area contributed by atoms with Gasteiger partial charge in [0.25, 0.3) is 0 Å². The van der Waals surface area contributed by atoms with Crippen LogP contribution in [-0.2, 0) is 4.74 Å². The minimum absolute atomic E-state index is 0.400. The second-order valence-corrected chi connectivity index (χ2v) is 5.92. The maximum atomic E-state index is 13.5. The molecular formula is C21H17FN2O. The Bertz CT molecular complexity index is 863. The molecule has 1 aromatic heterocycles. The Morgan fingerprint density at radius 3 is 2.28 bits per heavy atom. The molecule has 0 saturated heterocycles. The second kappa shape index (κ2) is 6.85. The number of pyridine rings is 1. The first-order valence-electron chi connectivity index (χ1n) is 8.21. The fraction of sp³-hybridized carbons (Fsp3) is 0.143. The van der Waals surface area contributed by atoms with Gasteiger partial charge in [-0.05, 0) is 34.9 Å². The summed E-state index contributed by atoms with van der Waals surface area (Å²) in [6, 6.07) is 21.0. The summed E-state index contributed by atoms with van der Waals surface area (Å²) in [5.41, 5.74) is 3.90. The molecule has 4 heteroatoms. The van der Waals surface area contributed by atoms with Crippen molar-refractivity contribution in [2.45, 2.75) is 12.1 Å². The van der Waals surface area contributed by atoms with Crippen molar-refractivity contribution in [1.29, 1.82) is 0 Å². The molecule has 2 aromatic carbocycles. The zero-order chi connectivity index (χ0) is 17.1. The molecule has 124 valence electrons. The molecule has 0 bridgehead atoms. The molecule has 0 unspecified atom stereocenters. The molecule has 1 aliphatic heterocycles. The molecule has 0 radical (unpaired) electrons. The Kier molecular flexibility index (Phi) is 4.25. The lowest BCUT2D eigenvalue weighted by Crippen LogP contribution is -2.16. The summed E-state index contributed by atoms with van der Waals surface area (Å²) >= 11 is 0. The third-order valence-corrected chi connectivity index (χ3v) is 4.28. The molecule has 4 rings (SSSR count). The van der Waals surface area contributed by atoms with Gasteiger partial charge in [-0.25, -0.2) is 9.38 Å². The number of alkyl halides is 1. The van der Waals surface area contributed by atoms with E-state index in [1.165, 1.54) is 0 Å². The van der Waals surface area contributed by atoms with Crippen LogP contribution in [-0.4, -0.2) is 23.6 Å². The van der Waals surface area contributed by atoms with Crippen LogP contribution < -0.4 is 0 Å². The lowest BCUT2D eigenvalue weighted by atomic mass is 10.00. The number of aliphatic imine (C=N–C) groups is 1. The molecular weight excluding hydrogens is 315 g/mol. The van der Waals surface area contributed by atoms with Crippen molar-refractivity contribution in [3.8, 4) is 11.1 Å². The Labute approximate surface area is 145 Å². The third kappa shape index (κ3) is 3.15. The van der Waals surface area contributed by atoms with Gasteiger partial charge in [-0.15, -0.1) is 0 Å². The monoisotopic (exact) mass is 332 g/mol. The first-order chi connectivity index (χ1) is 12.3. The van der Waals surface area contributed by atoms with Crippen molar-refractivity contribution in [3.63, 3.8) is 0 Å². The van der Waals surface area contributed by atoms with Crippen LogP contribution in [0, 0.1) is 0 Å². The molecule has 3 nitrogen and oxygen atoms in total. The molecule has 0 amide bonds. The summed E-state index contributed by atoms with van der Waals surface area (Å²) in [5, 5.41) is 0. The Morgan fingerprint density at radius 2 is 1.60 bits per heavy atom. The third-order valence-electron chi connectivity index (χ3n) is 4.28. The van der Waals surface area contributed by atoms with E-state index < -0.39 is 18.8 Å². The van der Waals surface area contributed by atoms with Crippen molar-refractivity contribution in [2.24, 2.45) is 4.99 Å². The smallest absolute Gasteiger partial charge is 0.217 e. The van der Waals surface area contributed by atoms with Gasteiger partial charge in [0.05, 0.1) is 0 Å². The quantitative estimate of drug-likeness (QED) is 0.699. The second-order valence-electron chi connectivity index (χ2n) is 5.92. The predicted molar refractivity (Wildman–Crippen MR) is 96.2 cm³/mol. The average molecular weight is 332 g/mol. The highest BCUT2D eigenvalue weighted by Gasteiger charge is 2.32. The van der Waals surface area contributed by atoms with E-state index in [9.17, 15) is 4.39 Å². The number of benzene rings is 2. The maximum absolute atomic E-state index is 13.5. The van der Waals surface area contributed by atoms with E-state index in [-0.39, 0.29) is 0 Å². The minimum Gasteiger partial charge on any atom is -0.467 e. The Balaban J connectivity index is 1.58. The van der Waals surface area contributed by atoms with E-state index in [0.29, 0.717) is 5.90 Å². The molecule has 0 N–H and O–H groups in total. The number of hydrogen-bond donors (Lipinski definition) is 0. The van der Waals surface area contributed by atoms with Gasteiger partial charge in [-0.3, -0.25) is 4.98 Å². The van der Waals surface area contributed by atoms with Crippen LogP contribution in [0.1, 0.15) is 17.2 Å². The fourth-order valence-corrected chi connectivity index (χ4v) is 2.98. The molecule has 25 heavy (non-hydrogen) atoms. The highest BCUT2D eigenvalue weighted by molar-refractivity contribution is 5.95. The highest BCUT2D eigenvalue weighted by Crippen LogP contribution is 2.32. The van der Waals surface area contributed by atoms with Gasteiger partial charge in [-0.1, -0.05) is 48.5 Å². The molecule has 0 spiro atoms.